The Hall–Kier alpha value is -5.85. The quantitative estimate of drug-likeness (QED) is 0.0847. The minimum Gasteiger partial charge on any atom is -0.352 e. The largest absolute Gasteiger partial charge is 0.352 e. The molecular formula is C48H49ClN6O6. The Labute approximate surface area is 359 Å². The number of benzene rings is 4. The molecule has 4 aromatic carbocycles. The lowest BCUT2D eigenvalue weighted by Gasteiger charge is -2.47. The van der Waals surface area contributed by atoms with E-state index in [1.165, 1.54) is 0 Å². The fourth-order valence-electron chi connectivity index (χ4n) is 10.9. The Bertz CT molecular complexity index is 2420. The van der Waals surface area contributed by atoms with Gasteiger partial charge >= 0.3 is 0 Å². The average Bonchev–Trinajstić information content (AvgIpc) is 3.86. The summed E-state index contributed by atoms with van der Waals surface area (Å²) in [7, 11) is 0. The van der Waals surface area contributed by atoms with Crippen molar-refractivity contribution in [2.75, 3.05) is 17.2 Å². The van der Waals surface area contributed by atoms with E-state index in [4.69, 9.17) is 11.6 Å². The van der Waals surface area contributed by atoms with Crippen LogP contribution in [-0.4, -0.2) is 64.5 Å². The van der Waals surface area contributed by atoms with Crippen LogP contribution in [0.5, 0.6) is 0 Å². The van der Waals surface area contributed by atoms with Crippen molar-refractivity contribution in [2.45, 2.75) is 106 Å². The highest BCUT2D eigenvalue weighted by Crippen LogP contribution is 2.62. The van der Waals surface area contributed by atoms with Crippen molar-refractivity contribution >= 4 is 58.4 Å². The third-order valence-corrected chi connectivity index (χ3v) is 13.9. The maximum atomic E-state index is 14.6. The van der Waals surface area contributed by atoms with Crippen molar-refractivity contribution < 1.29 is 28.8 Å². The van der Waals surface area contributed by atoms with Gasteiger partial charge in [-0.1, -0.05) is 85.8 Å². The number of fused-ring (bicyclic) bond motifs is 4. The fourth-order valence-corrected chi connectivity index (χ4v) is 11.0. The number of carbonyl (C=O) groups is 6. The first-order valence-electron chi connectivity index (χ1n) is 21.5. The van der Waals surface area contributed by atoms with E-state index in [0.29, 0.717) is 47.0 Å². The minimum atomic E-state index is -1.04. The zero-order chi connectivity index (χ0) is 42.3. The molecule has 5 aliphatic rings. The number of imide groups is 1. The van der Waals surface area contributed by atoms with Gasteiger partial charge in [-0.05, 0) is 103 Å². The van der Waals surface area contributed by atoms with Gasteiger partial charge in [0.15, 0.2) is 0 Å². The summed E-state index contributed by atoms with van der Waals surface area (Å²) in [6.07, 6.45) is 8.27. The van der Waals surface area contributed by atoms with Crippen LogP contribution in [0.3, 0.4) is 0 Å². The molecule has 5 N–H and O–H groups in total. The molecular weight excluding hydrogens is 792 g/mol. The molecule has 9 rings (SSSR count). The number of hydrogen-bond acceptors (Lipinski definition) is 7. The van der Waals surface area contributed by atoms with Crippen molar-refractivity contribution in [3.05, 3.63) is 129 Å². The number of unbranched alkanes of at least 4 members (excludes halogenated alkanes) is 2. The molecule has 1 saturated carbocycles. The molecule has 6 amide bonds. The summed E-state index contributed by atoms with van der Waals surface area (Å²) < 4.78 is 0. The number of aryl methyl sites for hydroxylation is 1. The maximum absolute atomic E-state index is 14.6. The van der Waals surface area contributed by atoms with Gasteiger partial charge in [-0.3, -0.25) is 39.4 Å². The Kier molecular flexibility index (Phi) is 11.0. The topological polar surface area (TPSA) is 166 Å². The average molecular weight is 841 g/mol. The van der Waals surface area contributed by atoms with Gasteiger partial charge in [-0.15, -0.1) is 0 Å². The number of nitrogens with one attached hydrogen (secondary N) is 5. The number of hydrogen-bond donors (Lipinski definition) is 5. The predicted molar refractivity (Wildman–Crippen MR) is 231 cm³/mol. The van der Waals surface area contributed by atoms with Crippen molar-refractivity contribution in [1.82, 2.24) is 20.9 Å². The Morgan fingerprint density at radius 2 is 1.62 bits per heavy atom. The molecule has 4 heterocycles. The van der Waals surface area contributed by atoms with E-state index in [0.717, 1.165) is 80.0 Å². The van der Waals surface area contributed by atoms with E-state index in [1.54, 1.807) is 41.3 Å². The van der Waals surface area contributed by atoms with E-state index in [2.05, 4.69) is 26.6 Å². The first-order valence-corrected chi connectivity index (χ1v) is 21.9. The van der Waals surface area contributed by atoms with Gasteiger partial charge in [0.2, 0.25) is 23.6 Å². The molecule has 13 heteroatoms. The van der Waals surface area contributed by atoms with Gasteiger partial charge in [-0.2, -0.15) is 0 Å². The smallest absolute Gasteiger partial charge is 0.255 e. The number of piperidine rings is 1. The van der Waals surface area contributed by atoms with Crippen LogP contribution in [-0.2, 0) is 37.6 Å². The molecule has 0 aromatic heterocycles. The summed E-state index contributed by atoms with van der Waals surface area (Å²) in [6, 6.07) is 26.6. The van der Waals surface area contributed by atoms with Crippen LogP contribution < -0.4 is 26.6 Å². The van der Waals surface area contributed by atoms with Crippen LogP contribution in [0.2, 0.25) is 5.02 Å². The lowest BCUT2D eigenvalue weighted by Crippen LogP contribution is -2.60. The summed E-state index contributed by atoms with van der Waals surface area (Å²) in [5.41, 5.74) is 4.42. The molecule has 61 heavy (non-hydrogen) atoms. The third-order valence-electron chi connectivity index (χ3n) is 13.6. The fraction of sp³-hybridized carbons (Fsp3) is 0.375. The highest BCUT2D eigenvalue weighted by molar-refractivity contribution is 6.31. The first-order chi connectivity index (χ1) is 29.6. The first kappa shape index (κ1) is 40.6. The van der Waals surface area contributed by atoms with Gasteiger partial charge < -0.3 is 20.9 Å². The van der Waals surface area contributed by atoms with Gasteiger partial charge in [0.05, 0.1) is 6.04 Å². The summed E-state index contributed by atoms with van der Waals surface area (Å²) in [6.45, 7) is 0.846. The van der Waals surface area contributed by atoms with Gasteiger partial charge in [-0.25, -0.2) is 0 Å². The van der Waals surface area contributed by atoms with Crippen LogP contribution in [0.1, 0.15) is 113 Å². The summed E-state index contributed by atoms with van der Waals surface area (Å²) >= 11 is 6.42. The molecule has 314 valence electrons. The molecule has 4 aromatic rings. The highest BCUT2D eigenvalue weighted by Gasteiger charge is 2.72. The van der Waals surface area contributed by atoms with Crippen molar-refractivity contribution in [2.24, 2.45) is 0 Å². The molecule has 2 saturated heterocycles. The van der Waals surface area contributed by atoms with Crippen LogP contribution >= 0.6 is 11.6 Å². The number of nitrogens with zero attached hydrogens (tertiary/aromatic N) is 1. The number of halogens is 1. The third kappa shape index (κ3) is 7.19. The Morgan fingerprint density at radius 1 is 0.836 bits per heavy atom. The van der Waals surface area contributed by atoms with Gasteiger partial charge in [0.25, 0.3) is 11.8 Å². The molecule has 4 atom stereocenters. The molecule has 1 aliphatic carbocycles. The Balaban J connectivity index is 0.816. The molecule has 0 radical (unpaired) electrons. The second kappa shape index (κ2) is 16.5. The van der Waals surface area contributed by atoms with Crippen molar-refractivity contribution in [1.29, 1.82) is 0 Å². The molecule has 12 nitrogen and oxygen atoms in total. The highest BCUT2D eigenvalue weighted by atomic mass is 35.5. The number of anilines is 2. The van der Waals surface area contributed by atoms with E-state index < -0.39 is 34.9 Å². The molecule has 4 aliphatic heterocycles. The normalized spacial score (nSPS) is 23.8. The van der Waals surface area contributed by atoms with Crippen LogP contribution in [0.15, 0.2) is 91.0 Å². The molecule has 2 spiro atoms. The van der Waals surface area contributed by atoms with Crippen LogP contribution in [0.4, 0.5) is 11.4 Å². The van der Waals surface area contributed by atoms with Crippen LogP contribution in [0, 0.1) is 0 Å². The number of carbonyl (C=O) groups excluding carboxylic acids is 6. The standard InChI is InChI=1S/C48H49ClN6O6/c49-32-18-21-36-37(27-32)52-46(61)48(36)40(30-12-4-1-5-13-30)41(54-47(48)24-7-3-8-25-47)44(59)51-33-19-16-31(17-20-33)42(57)50-26-9-2-6-11-29-14-10-15-34-35(29)28-55(45(34)60)38-22-23-39(56)53-43(38)58/h1,4-5,10,12-21,27,38,40-41,54H,2-3,6-9,11,22-26,28H2,(H,50,57)(H,51,59)(H,52,61)(H,53,56,58)/t38?,40-,41+,48+/m0/s1. The van der Waals surface area contributed by atoms with Crippen LogP contribution in [0.25, 0.3) is 0 Å². The summed E-state index contributed by atoms with van der Waals surface area (Å²) in [4.78, 5) is 81.1. The van der Waals surface area contributed by atoms with E-state index >= 15 is 0 Å². The maximum Gasteiger partial charge on any atom is 0.255 e. The molecule has 0 bridgehead atoms. The van der Waals surface area contributed by atoms with Crippen molar-refractivity contribution in [3.63, 3.8) is 0 Å². The minimum absolute atomic E-state index is 0.115. The van der Waals surface area contributed by atoms with Crippen molar-refractivity contribution in [3.8, 4) is 0 Å². The van der Waals surface area contributed by atoms with E-state index in [9.17, 15) is 28.8 Å². The SMILES string of the molecule is O=C1CCC(N2Cc3c(CCCCCNC(=O)c4ccc(NC(=O)[C@@H]5NC6(CCCCC6)[C@@]6(C(=O)Nc7cc(Cl)ccc76)[C@H]5c5ccccc5)cc4)cccc3C2=O)C(=O)N1. The lowest BCUT2D eigenvalue weighted by molar-refractivity contribution is -0.137. The Morgan fingerprint density at radius 3 is 2.39 bits per heavy atom. The summed E-state index contributed by atoms with van der Waals surface area (Å²) in [5.74, 6) is -1.98. The van der Waals surface area contributed by atoms with Gasteiger partial charge in [0.1, 0.15) is 11.5 Å². The van der Waals surface area contributed by atoms with E-state index in [-0.39, 0.29) is 36.0 Å². The van der Waals surface area contributed by atoms with E-state index in [1.807, 2.05) is 54.6 Å². The monoisotopic (exact) mass is 840 g/mol. The number of rotatable bonds is 11. The second-order valence-corrected chi connectivity index (χ2v) is 17.5. The van der Waals surface area contributed by atoms with Gasteiger partial charge in [0, 0.05) is 58.5 Å². The molecule has 1 unspecified atom stereocenters. The zero-order valence-corrected chi connectivity index (χ0v) is 34.6. The zero-order valence-electron chi connectivity index (χ0n) is 33.9. The number of amides is 6. The predicted octanol–water partition coefficient (Wildman–Crippen LogP) is 6.53. The summed E-state index contributed by atoms with van der Waals surface area (Å²) in [5, 5.41) is 16.0. The lowest BCUT2D eigenvalue weighted by atomic mass is 9.55. The molecule has 3 fully saturated rings. The second-order valence-electron chi connectivity index (χ2n) is 17.1.